The van der Waals surface area contributed by atoms with E-state index < -0.39 is 0 Å². The highest BCUT2D eigenvalue weighted by atomic mass is 35.5. The van der Waals surface area contributed by atoms with Crippen LogP contribution in [0.5, 0.6) is 0 Å². The molecule has 4 nitrogen and oxygen atoms in total. The number of hydrogen-bond donors (Lipinski definition) is 1. The molecule has 2 heterocycles. The highest BCUT2D eigenvalue weighted by Gasteiger charge is 2.13. The average molecular weight is 389 g/mol. The molecule has 5 aromatic rings. The molecule has 0 amide bonds. The fraction of sp³-hybridized carbons (Fsp3) is 0. The van der Waals surface area contributed by atoms with Crippen LogP contribution in [0.4, 0.5) is 11.5 Å². The minimum atomic E-state index is 0.217. The maximum atomic E-state index is 6.20. The number of fused-ring (bicyclic) bond motifs is 2. The molecule has 3 aromatic carbocycles. The van der Waals surface area contributed by atoms with E-state index in [0.29, 0.717) is 5.82 Å². The van der Waals surface area contributed by atoms with Gasteiger partial charge in [-0.15, -0.1) is 11.3 Å². The molecular weight excluding hydrogens is 376 g/mol. The van der Waals surface area contributed by atoms with Crippen LogP contribution in [0, 0.1) is 0 Å². The minimum absolute atomic E-state index is 0.217. The number of benzene rings is 3. The van der Waals surface area contributed by atoms with Gasteiger partial charge >= 0.3 is 0 Å². The topological polar surface area (TPSA) is 50.7 Å². The van der Waals surface area contributed by atoms with Crippen molar-refractivity contribution in [2.45, 2.75) is 0 Å². The quantitative estimate of drug-likeness (QED) is 0.368. The third kappa shape index (κ3) is 3.01. The van der Waals surface area contributed by atoms with E-state index >= 15 is 0 Å². The summed E-state index contributed by atoms with van der Waals surface area (Å²) in [6.45, 7) is 0. The van der Waals surface area contributed by atoms with Gasteiger partial charge in [0.25, 0.3) is 0 Å². The molecule has 6 heteroatoms. The Morgan fingerprint density at radius 2 is 1.74 bits per heavy atom. The molecule has 5 rings (SSSR count). The molecule has 0 saturated heterocycles. The summed E-state index contributed by atoms with van der Waals surface area (Å²) in [6, 6.07) is 22.3. The van der Waals surface area contributed by atoms with E-state index in [0.717, 1.165) is 37.9 Å². The van der Waals surface area contributed by atoms with Crippen LogP contribution in [0.25, 0.3) is 32.2 Å². The van der Waals surface area contributed by atoms with E-state index in [2.05, 4.69) is 44.5 Å². The van der Waals surface area contributed by atoms with E-state index in [1.165, 1.54) is 0 Å². The number of thiazole rings is 1. The van der Waals surface area contributed by atoms with Crippen LogP contribution in [-0.4, -0.2) is 15.0 Å². The molecule has 0 aliphatic rings. The van der Waals surface area contributed by atoms with Crippen LogP contribution in [0.15, 0.2) is 72.2 Å². The Morgan fingerprint density at radius 3 is 2.63 bits per heavy atom. The zero-order chi connectivity index (χ0) is 18.2. The Morgan fingerprint density at radius 1 is 0.852 bits per heavy atom. The van der Waals surface area contributed by atoms with Gasteiger partial charge in [-0.2, -0.15) is 4.98 Å². The first-order chi connectivity index (χ1) is 13.3. The monoisotopic (exact) mass is 388 g/mol. The molecule has 2 aromatic heterocycles. The molecular formula is C21H13ClN4S. The molecule has 0 atom stereocenters. The lowest BCUT2D eigenvalue weighted by Gasteiger charge is -2.13. The van der Waals surface area contributed by atoms with Gasteiger partial charge in [0.1, 0.15) is 5.82 Å². The van der Waals surface area contributed by atoms with E-state index in [-0.39, 0.29) is 5.28 Å². The summed E-state index contributed by atoms with van der Waals surface area (Å²) in [5.41, 5.74) is 6.74. The summed E-state index contributed by atoms with van der Waals surface area (Å²) in [6.07, 6.45) is 0. The minimum Gasteiger partial charge on any atom is -0.340 e. The molecule has 0 bridgehead atoms. The fourth-order valence-electron chi connectivity index (χ4n) is 3.17. The van der Waals surface area contributed by atoms with Crippen molar-refractivity contribution in [2.75, 3.05) is 5.32 Å². The van der Waals surface area contributed by atoms with Gasteiger partial charge in [0.2, 0.25) is 5.28 Å². The van der Waals surface area contributed by atoms with E-state index in [1.54, 1.807) is 11.3 Å². The molecule has 0 radical (unpaired) electrons. The van der Waals surface area contributed by atoms with Gasteiger partial charge < -0.3 is 5.32 Å². The van der Waals surface area contributed by atoms with Gasteiger partial charge in [-0.1, -0.05) is 42.5 Å². The fourth-order valence-corrected chi connectivity index (χ4v) is 4.06. The maximum absolute atomic E-state index is 6.20. The summed E-state index contributed by atoms with van der Waals surface area (Å²) >= 11 is 7.80. The SMILES string of the molecule is Clc1nc(Nc2ccc3ncsc3c2)c2c(-c3ccccc3)cccc2n1. The Hall–Kier alpha value is -3.02. The lowest BCUT2D eigenvalue weighted by atomic mass is 10.0. The lowest BCUT2D eigenvalue weighted by molar-refractivity contribution is 1.22. The number of aromatic nitrogens is 3. The van der Waals surface area contributed by atoms with Crippen molar-refractivity contribution in [2.24, 2.45) is 0 Å². The number of rotatable bonds is 3. The molecule has 0 aliphatic heterocycles. The summed E-state index contributed by atoms with van der Waals surface area (Å²) in [5.74, 6) is 0.688. The molecule has 0 saturated carbocycles. The first kappa shape index (κ1) is 16.2. The number of halogens is 1. The van der Waals surface area contributed by atoms with Crippen molar-refractivity contribution < 1.29 is 0 Å². The van der Waals surface area contributed by atoms with Gasteiger partial charge in [0.05, 0.1) is 26.6 Å². The summed E-state index contributed by atoms with van der Waals surface area (Å²) in [7, 11) is 0. The number of nitrogens with one attached hydrogen (secondary N) is 1. The highest BCUT2D eigenvalue weighted by molar-refractivity contribution is 7.16. The van der Waals surface area contributed by atoms with Crippen LogP contribution in [-0.2, 0) is 0 Å². The second kappa shape index (κ2) is 6.61. The lowest BCUT2D eigenvalue weighted by Crippen LogP contribution is -1.98. The van der Waals surface area contributed by atoms with Gasteiger partial charge in [0.15, 0.2) is 0 Å². The van der Waals surface area contributed by atoms with Crippen molar-refractivity contribution in [3.8, 4) is 11.1 Å². The Balaban J connectivity index is 1.70. The summed E-state index contributed by atoms with van der Waals surface area (Å²) in [5, 5.41) is 4.58. The van der Waals surface area contributed by atoms with Gasteiger partial charge in [-0.05, 0) is 47.0 Å². The van der Waals surface area contributed by atoms with Crippen molar-refractivity contribution >= 4 is 55.6 Å². The highest BCUT2D eigenvalue weighted by Crippen LogP contribution is 2.35. The van der Waals surface area contributed by atoms with E-state index in [4.69, 9.17) is 11.6 Å². The van der Waals surface area contributed by atoms with Gasteiger partial charge in [-0.3, -0.25) is 0 Å². The molecule has 0 fully saturated rings. The van der Waals surface area contributed by atoms with Gasteiger partial charge in [0, 0.05) is 5.69 Å². The number of anilines is 2. The zero-order valence-corrected chi connectivity index (χ0v) is 15.6. The predicted molar refractivity (Wildman–Crippen MR) is 113 cm³/mol. The Kier molecular flexibility index (Phi) is 3.96. The standard InChI is InChI=1S/C21H13ClN4S/c22-21-25-17-8-4-7-15(13-5-2-1-3-6-13)19(17)20(26-21)24-14-9-10-16-18(11-14)27-12-23-16/h1-12H,(H,24,25,26). The van der Waals surface area contributed by atoms with Crippen LogP contribution in [0.2, 0.25) is 5.28 Å². The maximum Gasteiger partial charge on any atom is 0.224 e. The number of nitrogens with zero attached hydrogens (tertiary/aromatic N) is 3. The van der Waals surface area contributed by atoms with Crippen molar-refractivity contribution in [1.29, 1.82) is 0 Å². The number of hydrogen-bond acceptors (Lipinski definition) is 5. The summed E-state index contributed by atoms with van der Waals surface area (Å²) in [4.78, 5) is 13.2. The third-order valence-electron chi connectivity index (χ3n) is 4.37. The Labute approximate surface area is 164 Å². The zero-order valence-electron chi connectivity index (χ0n) is 14.1. The third-order valence-corrected chi connectivity index (χ3v) is 5.34. The van der Waals surface area contributed by atoms with Crippen molar-refractivity contribution in [1.82, 2.24) is 15.0 Å². The van der Waals surface area contributed by atoms with E-state index in [1.807, 2.05) is 48.0 Å². The molecule has 0 aliphatic carbocycles. The second-order valence-corrected chi connectivity index (χ2v) is 7.29. The predicted octanol–water partition coefficient (Wildman–Crippen LogP) is 6.30. The smallest absolute Gasteiger partial charge is 0.224 e. The average Bonchev–Trinajstić information content (AvgIpc) is 3.16. The molecule has 130 valence electrons. The van der Waals surface area contributed by atoms with Crippen molar-refractivity contribution in [3.05, 3.63) is 77.5 Å². The van der Waals surface area contributed by atoms with Crippen LogP contribution in [0.3, 0.4) is 0 Å². The van der Waals surface area contributed by atoms with Crippen LogP contribution >= 0.6 is 22.9 Å². The first-order valence-corrected chi connectivity index (χ1v) is 9.66. The van der Waals surface area contributed by atoms with E-state index in [9.17, 15) is 0 Å². The van der Waals surface area contributed by atoms with Crippen molar-refractivity contribution in [3.63, 3.8) is 0 Å². The summed E-state index contributed by atoms with van der Waals surface area (Å²) < 4.78 is 1.12. The van der Waals surface area contributed by atoms with Crippen LogP contribution in [0.1, 0.15) is 0 Å². The largest absolute Gasteiger partial charge is 0.340 e. The van der Waals surface area contributed by atoms with Gasteiger partial charge in [-0.25, -0.2) is 9.97 Å². The molecule has 1 N–H and O–H groups in total. The second-order valence-electron chi connectivity index (χ2n) is 6.07. The Bertz CT molecular complexity index is 1270. The van der Waals surface area contributed by atoms with Crippen LogP contribution < -0.4 is 5.32 Å². The normalized spacial score (nSPS) is 11.1. The molecule has 27 heavy (non-hydrogen) atoms. The molecule has 0 spiro atoms. The molecule has 0 unspecified atom stereocenters. The first-order valence-electron chi connectivity index (χ1n) is 8.40.